The molecule has 1 atom stereocenters. The molecule has 3 heteroatoms. The van der Waals surface area contributed by atoms with Gasteiger partial charge in [0.05, 0.1) is 21.1 Å². The topological polar surface area (TPSA) is 37.3 Å². The molecule has 66 valence electrons. The molecule has 0 heterocycles. The summed E-state index contributed by atoms with van der Waals surface area (Å²) in [7, 11) is 5.73. The molecule has 0 rings (SSSR count). The predicted molar refractivity (Wildman–Crippen MR) is 44.4 cm³/mol. The van der Waals surface area contributed by atoms with Gasteiger partial charge in [-0.2, -0.15) is 0 Å². The fourth-order valence-electron chi connectivity index (χ4n) is 1.12. The number of nitrogens with zero attached hydrogens (tertiary/aromatic N) is 1. The second-order valence-corrected chi connectivity index (χ2v) is 3.76. The zero-order valence-electron chi connectivity index (χ0n) is 7.79. The summed E-state index contributed by atoms with van der Waals surface area (Å²) in [6, 6.07) is -0.264. The average Bonchev–Trinajstić information content (AvgIpc) is 1.79. The van der Waals surface area contributed by atoms with Gasteiger partial charge in [-0.05, 0) is 6.42 Å². The zero-order valence-corrected chi connectivity index (χ0v) is 7.79. The monoisotopic (exact) mass is 160 g/mol. The molecule has 11 heavy (non-hydrogen) atoms. The van der Waals surface area contributed by atoms with E-state index in [9.17, 15) is 4.79 Å². The molecular formula is C8H18NO2+. The van der Waals surface area contributed by atoms with Crippen LogP contribution in [-0.2, 0) is 4.79 Å². The number of rotatable bonds is 4. The van der Waals surface area contributed by atoms with E-state index >= 15 is 0 Å². The molecule has 0 saturated heterocycles. The lowest BCUT2D eigenvalue weighted by Gasteiger charge is -2.30. The van der Waals surface area contributed by atoms with Gasteiger partial charge in [0.2, 0.25) is 0 Å². The Hall–Kier alpha value is -0.570. The lowest BCUT2D eigenvalue weighted by Crippen LogP contribution is -2.49. The minimum absolute atomic E-state index is 0.264. The van der Waals surface area contributed by atoms with E-state index < -0.39 is 5.97 Å². The number of carbonyl (C=O) groups is 1. The Morgan fingerprint density at radius 2 is 1.91 bits per heavy atom. The van der Waals surface area contributed by atoms with Crippen molar-refractivity contribution in [3.8, 4) is 0 Å². The molecule has 0 aliphatic heterocycles. The fraction of sp³-hybridized carbons (Fsp3) is 0.875. The molecule has 0 aromatic carbocycles. The Balaban J connectivity index is 4.22. The number of likely N-dealkylation sites (N-methyl/N-ethyl adjacent to an activating group) is 1. The molecule has 0 bridgehead atoms. The highest BCUT2D eigenvalue weighted by molar-refractivity contribution is 5.72. The summed E-state index contributed by atoms with van der Waals surface area (Å²) >= 11 is 0. The minimum atomic E-state index is -0.695. The van der Waals surface area contributed by atoms with Crippen molar-refractivity contribution in [1.82, 2.24) is 0 Å². The summed E-state index contributed by atoms with van der Waals surface area (Å²) in [6.45, 7) is 2.01. The second-order valence-electron chi connectivity index (χ2n) is 3.76. The van der Waals surface area contributed by atoms with Crippen LogP contribution in [0.25, 0.3) is 0 Å². The molecule has 0 aromatic rings. The first kappa shape index (κ1) is 10.4. The molecule has 0 spiro atoms. The SMILES string of the molecule is CCCC(C(=O)O)[N+](C)(C)C. The van der Waals surface area contributed by atoms with Crippen molar-refractivity contribution in [1.29, 1.82) is 0 Å². The van der Waals surface area contributed by atoms with Crippen LogP contribution in [0.4, 0.5) is 0 Å². The van der Waals surface area contributed by atoms with Crippen LogP contribution in [0.5, 0.6) is 0 Å². The summed E-state index contributed by atoms with van der Waals surface area (Å²) in [4.78, 5) is 10.7. The molecule has 0 amide bonds. The Morgan fingerprint density at radius 1 is 1.45 bits per heavy atom. The molecule has 0 aliphatic carbocycles. The molecule has 1 N–H and O–H groups in total. The molecular weight excluding hydrogens is 142 g/mol. The Morgan fingerprint density at radius 3 is 2.00 bits per heavy atom. The lowest BCUT2D eigenvalue weighted by atomic mass is 10.1. The summed E-state index contributed by atoms with van der Waals surface area (Å²) in [6.07, 6.45) is 1.67. The third-order valence-electron chi connectivity index (χ3n) is 1.78. The standard InChI is InChI=1S/C8H17NO2/c1-5-6-7(8(10)11)9(2,3)4/h7H,5-6H2,1-4H3/p+1. The van der Waals surface area contributed by atoms with Gasteiger partial charge in [0, 0.05) is 6.42 Å². The van der Waals surface area contributed by atoms with Crippen molar-refractivity contribution in [3.05, 3.63) is 0 Å². The largest absolute Gasteiger partial charge is 0.477 e. The maximum atomic E-state index is 10.7. The lowest BCUT2D eigenvalue weighted by molar-refractivity contribution is -0.887. The van der Waals surface area contributed by atoms with Crippen LogP contribution in [0, 0.1) is 0 Å². The van der Waals surface area contributed by atoms with Crippen LogP contribution in [-0.4, -0.2) is 42.7 Å². The van der Waals surface area contributed by atoms with Gasteiger partial charge in [-0.1, -0.05) is 6.92 Å². The van der Waals surface area contributed by atoms with Crippen molar-refractivity contribution in [2.75, 3.05) is 21.1 Å². The average molecular weight is 160 g/mol. The summed E-state index contributed by atoms with van der Waals surface area (Å²) in [5.41, 5.74) is 0. The zero-order chi connectivity index (χ0) is 9.07. The van der Waals surface area contributed by atoms with Crippen LogP contribution >= 0.6 is 0 Å². The molecule has 3 nitrogen and oxygen atoms in total. The Kier molecular flexibility index (Phi) is 3.52. The van der Waals surface area contributed by atoms with Crippen LogP contribution in [0.3, 0.4) is 0 Å². The third-order valence-corrected chi connectivity index (χ3v) is 1.78. The summed E-state index contributed by atoms with van der Waals surface area (Å²) in [5, 5.41) is 8.82. The predicted octanol–water partition coefficient (Wildman–Crippen LogP) is 0.946. The van der Waals surface area contributed by atoms with E-state index in [1.54, 1.807) is 0 Å². The van der Waals surface area contributed by atoms with Crippen molar-refractivity contribution >= 4 is 5.97 Å². The van der Waals surface area contributed by atoms with E-state index in [0.717, 1.165) is 12.8 Å². The van der Waals surface area contributed by atoms with Crippen molar-refractivity contribution in [2.45, 2.75) is 25.8 Å². The second kappa shape index (κ2) is 3.72. The van der Waals surface area contributed by atoms with E-state index in [2.05, 4.69) is 0 Å². The van der Waals surface area contributed by atoms with Crippen molar-refractivity contribution < 1.29 is 14.4 Å². The third kappa shape index (κ3) is 3.37. The highest BCUT2D eigenvalue weighted by atomic mass is 16.4. The molecule has 0 aliphatic rings. The number of carboxylic acids is 1. The number of quaternary nitrogens is 1. The normalized spacial score (nSPS) is 14.5. The maximum Gasteiger partial charge on any atom is 0.362 e. The minimum Gasteiger partial charge on any atom is -0.477 e. The molecule has 0 aromatic heterocycles. The van der Waals surface area contributed by atoms with Crippen LogP contribution < -0.4 is 0 Å². The van der Waals surface area contributed by atoms with Crippen LogP contribution in [0.1, 0.15) is 19.8 Å². The number of hydrogen-bond acceptors (Lipinski definition) is 1. The van der Waals surface area contributed by atoms with Gasteiger partial charge in [0.25, 0.3) is 0 Å². The fourth-order valence-corrected chi connectivity index (χ4v) is 1.12. The number of aliphatic carboxylic acids is 1. The molecule has 1 unspecified atom stereocenters. The molecule has 0 saturated carbocycles. The van der Waals surface area contributed by atoms with Gasteiger partial charge >= 0.3 is 5.97 Å². The van der Waals surface area contributed by atoms with E-state index in [0.29, 0.717) is 4.48 Å². The first-order valence-electron chi connectivity index (χ1n) is 3.93. The van der Waals surface area contributed by atoms with Crippen LogP contribution in [0.2, 0.25) is 0 Å². The van der Waals surface area contributed by atoms with E-state index in [4.69, 9.17) is 5.11 Å². The molecule has 0 radical (unpaired) electrons. The van der Waals surface area contributed by atoms with E-state index in [1.165, 1.54) is 0 Å². The highest BCUT2D eigenvalue weighted by Gasteiger charge is 2.29. The summed E-state index contributed by atoms with van der Waals surface area (Å²) in [5.74, 6) is -0.695. The van der Waals surface area contributed by atoms with Crippen LogP contribution in [0.15, 0.2) is 0 Å². The van der Waals surface area contributed by atoms with Gasteiger partial charge in [-0.25, -0.2) is 4.79 Å². The summed E-state index contributed by atoms with van der Waals surface area (Å²) < 4.78 is 0.503. The van der Waals surface area contributed by atoms with Gasteiger partial charge < -0.3 is 9.59 Å². The first-order chi connectivity index (χ1) is 4.89. The smallest absolute Gasteiger partial charge is 0.362 e. The van der Waals surface area contributed by atoms with Gasteiger partial charge in [0.1, 0.15) is 0 Å². The quantitative estimate of drug-likeness (QED) is 0.622. The van der Waals surface area contributed by atoms with Crippen molar-refractivity contribution in [3.63, 3.8) is 0 Å². The number of carboxylic acid groups (broad SMARTS) is 1. The Bertz CT molecular complexity index is 138. The maximum absolute atomic E-state index is 10.7. The Labute approximate surface area is 68.2 Å². The van der Waals surface area contributed by atoms with E-state index in [1.807, 2.05) is 28.1 Å². The first-order valence-corrected chi connectivity index (χ1v) is 3.93. The number of hydrogen-bond donors (Lipinski definition) is 1. The van der Waals surface area contributed by atoms with Gasteiger partial charge in [-0.15, -0.1) is 0 Å². The van der Waals surface area contributed by atoms with E-state index in [-0.39, 0.29) is 6.04 Å². The van der Waals surface area contributed by atoms with Crippen molar-refractivity contribution in [2.24, 2.45) is 0 Å². The molecule has 0 fully saturated rings. The highest BCUT2D eigenvalue weighted by Crippen LogP contribution is 2.09. The van der Waals surface area contributed by atoms with Gasteiger partial charge in [0.15, 0.2) is 6.04 Å². The van der Waals surface area contributed by atoms with Gasteiger partial charge in [-0.3, -0.25) is 0 Å².